The highest BCUT2D eigenvalue weighted by Crippen LogP contribution is 2.35. The summed E-state index contributed by atoms with van der Waals surface area (Å²) in [6.45, 7) is 18.8. The number of hydrogen-bond donors (Lipinski definition) is 8. The van der Waals surface area contributed by atoms with Crippen molar-refractivity contribution in [1.82, 2.24) is 31.2 Å². The molecule has 2 amide bonds. The number of unbranched alkanes of at least 4 members (excludes halogenated alkanes) is 2. The molecule has 8 bridgehead atoms. The zero-order chi connectivity index (χ0) is 41.9. The van der Waals surface area contributed by atoms with Crippen LogP contribution in [0.5, 0.6) is 0 Å². The van der Waals surface area contributed by atoms with Crippen molar-refractivity contribution in [3.8, 4) is 0 Å². The second-order valence-electron chi connectivity index (χ2n) is 15.9. The van der Waals surface area contributed by atoms with Crippen molar-refractivity contribution in [3.05, 3.63) is 78.0 Å². The molecular formula is C46H68N6O6. The number of aliphatic hydroxyl groups excluding tert-OH is 2. The molecule has 0 aliphatic carbocycles. The van der Waals surface area contributed by atoms with Gasteiger partial charge >= 0.3 is 0 Å². The Balaban J connectivity index is 1.73. The van der Waals surface area contributed by atoms with Gasteiger partial charge in [-0.1, -0.05) is 26.7 Å². The summed E-state index contributed by atoms with van der Waals surface area (Å²) >= 11 is 0. The summed E-state index contributed by atoms with van der Waals surface area (Å²) in [4.78, 5) is 33.2. The third kappa shape index (κ3) is 10.6. The van der Waals surface area contributed by atoms with Gasteiger partial charge in [0.2, 0.25) is 11.8 Å². The van der Waals surface area contributed by atoms with E-state index in [0.717, 1.165) is 98.1 Å². The standard InChI is InChI=1S/C46H68N6O6/c1-9-11-21-57-31(7)45-29(5)37-23-35-27(3)33(13-15-43(55)47-17-19-53)39(49-35)26-40-34(14-16-44(56)48-18-20-54)28(4)36(50-40)24-41-46(32(8)58-22-12-10-2)30(6)38(52-41)25-42(45)51-37/h23-26,31-32,35,38,49-54H,9-22H2,1-8H3,(H,47,55)(H,48,56)/b37-23-,39-26-,41-24?,42-25-. The first-order valence-corrected chi connectivity index (χ1v) is 21.4. The van der Waals surface area contributed by atoms with Crippen LogP contribution < -0.4 is 32.0 Å². The van der Waals surface area contributed by atoms with Crippen LogP contribution in [0.2, 0.25) is 0 Å². The van der Waals surface area contributed by atoms with Gasteiger partial charge in [0, 0.05) is 83.8 Å². The van der Waals surface area contributed by atoms with Crippen molar-refractivity contribution in [3.63, 3.8) is 0 Å². The highest BCUT2D eigenvalue weighted by atomic mass is 16.5. The first kappa shape index (κ1) is 44.7. The first-order chi connectivity index (χ1) is 27.9. The van der Waals surface area contributed by atoms with Crippen LogP contribution in [0.1, 0.15) is 126 Å². The molecule has 0 fully saturated rings. The summed E-state index contributed by atoms with van der Waals surface area (Å²) in [6.07, 6.45) is 14.2. The molecule has 0 radical (unpaired) electrons. The predicted octanol–water partition coefficient (Wildman–Crippen LogP) is 4.51. The van der Waals surface area contributed by atoms with Gasteiger partial charge in [-0.25, -0.2) is 0 Å². The van der Waals surface area contributed by atoms with Crippen molar-refractivity contribution >= 4 is 36.1 Å². The molecule has 58 heavy (non-hydrogen) atoms. The van der Waals surface area contributed by atoms with E-state index in [1.54, 1.807) is 0 Å². The molecule has 0 aromatic carbocycles. The molecule has 5 rings (SSSR count). The molecule has 3 aliphatic rings. The predicted molar refractivity (Wildman–Crippen MR) is 232 cm³/mol. The van der Waals surface area contributed by atoms with Crippen LogP contribution in [-0.4, -0.2) is 89.7 Å². The van der Waals surface area contributed by atoms with E-state index >= 15 is 0 Å². The maximum Gasteiger partial charge on any atom is 0.220 e. The van der Waals surface area contributed by atoms with Crippen molar-refractivity contribution in [2.45, 2.75) is 131 Å². The number of rotatable bonds is 20. The monoisotopic (exact) mass is 801 g/mol. The van der Waals surface area contributed by atoms with Crippen LogP contribution in [0, 0.1) is 13.8 Å². The Hall–Kier alpha value is -4.36. The molecule has 4 atom stereocenters. The van der Waals surface area contributed by atoms with Crippen LogP contribution in [0.4, 0.5) is 0 Å². The average Bonchev–Trinajstić information content (AvgIpc) is 3.87. The molecule has 2 aromatic rings. The van der Waals surface area contributed by atoms with Crippen LogP contribution in [0.3, 0.4) is 0 Å². The number of allylic oxidation sites excluding steroid dienone is 1. The SMILES string of the molecule is CCCCOC(C)C1=C(C)C2/C=c3\[nH]/c(c(C)c3C(C)OCCCC)=C\C3N/C(=C\c4[nH]c(c(C)c4CCC(=O)NCCO)C=C1N2)C(CCC(=O)NCCO)=C3C. The summed E-state index contributed by atoms with van der Waals surface area (Å²) in [5.74, 6) is -0.236. The van der Waals surface area contributed by atoms with Gasteiger partial charge < -0.3 is 50.9 Å². The number of aliphatic hydroxyl groups is 2. The van der Waals surface area contributed by atoms with E-state index in [1.807, 2.05) is 0 Å². The van der Waals surface area contributed by atoms with Crippen molar-refractivity contribution in [2.75, 3.05) is 39.5 Å². The Morgan fingerprint density at radius 1 is 0.724 bits per heavy atom. The van der Waals surface area contributed by atoms with Gasteiger partial charge in [0.25, 0.3) is 0 Å². The van der Waals surface area contributed by atoms with E-state index in [2.05, 4.69) is 111 Å². The summed E-state index contributed by atoms with van der Waals surface area (Å²) in [5.41, 5.74) is 12.6. The van der Waals surface area contributed by atoms with Gasteiger partial charge in [-0.2, -0.15) is 0 Å². The van der Waals surface area contributed by atoms with Crippen LogP contribution >= 0.6 is 0 Å². The van der Waals surface area contributed by atoms with E-state index in [0.29, 0.717) is 26.1 Å². The third-order valence-electron chi connectivity index (χ3n) is 11.8. The van der Waals surface area contributed by atoms with E-state index < -0.39 is 0 Å². The fraction of sp³-hybridized carbons (Fsp3) is 0.565. The molecule has 4 unspecified atom stereocenters. The van der Waals surface area contributed by atoms with Crippen molar-refractivity contribution < 1.29 is 29.3 Å². The minimum atomic E-state index is -0.155. The number of H-pyrrole nitrogens is 2. The Morgan fingerprint density at radius 2 is 1.29 bits per heavy atom. The second-order valence-corrected chi connectivity index (χ2v) is 15.9. The fourth-order valence-electron chi connectivity index (χ4n) is 8.34. The number of nitrogens with one attached hydrogen (secondary N) is 6. The van der Waals surface area contributed by atoms with Gasteiger partial charge in [-0.3, -0.25) is 9.59 Å². The minimum absolute atomic E-state index is 0.107. The zero-order valence-corrected chi connectivity index (χ0v) is 36.0. The molecule has 0 saturated heterocycles. The third-order valence-corrected chi connectivity index (χ3v) is 11.8. The molecule has 3 aliphatic heterocycles. The smallest absolute Gasteiger partial charge is 0.220 e. The van der Waals surface area contributed by atoms with Crippen molar-refractivity contribution in [2.24, 2.45) is 0 Å². The van der Waals surface area contributed by atoms with E-state index in [-0.39, 0.29) is 75.3 Å². The molecule has 5 heterocycles. The fourth-order valence-corrected chi connectivity index (χ4v) is 8.34. The average molecular weight is 801 g/mol. The molecule has 12 nitrogen and oxygen atoms in total. The Morgan fingerprint density at radius 3 is 1.93 bits per heavy atom. The number of aromatic amines is 2. The lowest BCUT2D eigenvalue weighted by atomic mass is 9.98. The zero-order valence-electron chi connectivity index (χ0n) is 36.0. The van der Waals surface area contributed by atoms with Gasteiger partial charge in [0.05, 0.1) is 37.5 Å². The number of hydrogen-bond acceptors (Lipinski definition) is 8. The molecule has 2 aromatic heterocycles. The second kappa shape index (κ2) is 21.1. The Kier molecular flexibility index (Phi) is 16.2. The van der Waals surface area contributed by atoms with Gasteiger partial charge in [0.1, 0.15) is 0 Å². The molecule has 0 saturated carbocycles. The summed E-state index contributed by atoms with van der Waals surface area (Å²) in [7, 11) is 0. The molecule has 12 heteroatoms. The van der Waals surface area contributed by atoms with Gasteiger partial charge in [-0.05, 0) is 125 Å². The quantitative estimate of drug-likeness (QED) is 0.0905. The number of ether oxygens (including phenoxy) is 2. The van der Waals surface area contributed by atoms with Crippen LogP contribution in [0.25, 0.3) is 24.3 Å². The molecular weight excluding hydrogens is 733 g/mol. The molecule has 318 valence electrons. The van der Waals surface area contributed by atoms with Crippen molar-refractivity contribution in [1.29, 1.82) is 0 Å². The molecule has 0 spiro atoms. The lowest BCUT2D eigenvalue weighted by molar-refractivity contribution is -0.122. The Labute approximate surface area is 344 Å². The van der Waals surface area contributed by atoms with Gasteiger partial charge in [-0.15, -0.1) is 0 Å². The molecule has 8 N–H and O–H groups in total. The minimum Gasteiger partial charge on any atom is -0.395 e. The van der Waals surface area contributed by atoms with Crippen LogP contribution in [-0.2, 0) is 25.5 Å². The van der Waals surface area contributed by atoms with E-state index in [4.69, 9.17) is 9.47 Å². The maximum absolute atomic E-state index is 12.8. The highest BCUT2D eigenvalue weighted by molar-refractivity contribution is 5.78. The number of aromatic nitrogens is 2. The maximum atomic E-state index is 12.8. The number of carbonyl (C=O) groups excluding carboxylic acids is 2. The lowest BCUT2D eigenvalue weighted by Gasteiger charge is -2.17. The summed E-state index contributed by atoms with van der Waals surface area (Å²) in [6, 6.07) is -0.262. The Bertz CT molecular complexity index is 2030. The highest BCUT2D eigenvalue weighted by Gasteiger charge is 2.31. The summed E-state index contributed by atoms with van der Waals surface area (Å²) < 4.78 is 12.9. The number of carbonyl (C=O) groups is 2. The number of amides is 2. The van der Waals surface area contributed by atoms with E-state index in [1.165, 1.54) is 5.57 Å². The first-order valence-electron chi connectivity index (χ1n) is 21.4. The number of fused-ring (bicyclic) bond motifs is 8. The normalized spacial score (nSPS) is 20.6. The lowest BCUT2D eigenvalue weighted by Crippen LogP contribution is -2.27. The van der Waals surface area contributed by atoms with Gasteiger partial charge in [0.15, 0.2) is 0 Å². The topological polar surface area (TPSA) is 173 Å². The van der Waals surface area contributed by atoms with E-state index in [9.17, 15) is 19.8 Å². The summed E-state index contributed by atoms with van der Waals surface area (Å²) in [5, 5.41) is 33.9. The van der Waals surface area contributed by atoms with Crippen LogP contribution in [0.15, 0.2) is 33.7 Å². The largest absolute Gasteiger partial charge is 0.395 e.